The number of halogens is 6. The molecule has 0 heterocycles. The van der Waals surface area contributed by atoms with Gasteiger partial charge in [-0.1, -0.05) is 0 Å². The molecule has 0 aromatic rings. The predicted molar refractivity (Wildman–Crippen MR) is 55.9 cm³/mol. The van der Waals surface area contributed by atoms with Gasteiger partial charge >= 0.3 is 18.3 Å². The molecule has 10 heteroatoms. The van der Waals surface area contributed by atoms with Crippen LogP contribution in [0.3, 0.4) is 0 Å². The zero-order valence-corrected chi connectivity index (χ0v) is 10.9. The van der Waals surface area contributed by atoms with Gasteiger partial charge in [0.05, 0.1) is 5.92 Å². The fourth-order valence-corrected chi connectivity index (χ4v) is 2.04. The topological polar surface area (TPSA) is 55.8 Å². The first kappa shape index (κ1) is 18.0. The fraction of sp³-hybridized carbons (Fsp3) is 0.909. The maximum absolute atomic E-state index is 12.3. The summed E-state index contributed by atoms with van der Waals surface area (Å²) in [6.45, 7) is 0. The lowest BCUT2D eigenvalue weighted by Crippen LogP contribution is -2.47. The normalized spacial score (nSPS) is 27.8. The third-order valence-corrected chi connectivity index (χ3v) is 3.31. The molecule has 0 aromatic heterocycles. The lowest BCUT2D eigenvalue weighted by atomic mass is 9.85. The molecule has 0 amide bonds. The molecule has 1 fully saturated rings. The van der Waals surface area contributed by atoms with E-state index < -0.39 is 36.1 Å². The number of hydrogen-bond donors (Lipinski definition) is 1. The van der Waals surface area contributed by atoms with E-state index in [-0.39, 0.29) is 25.7 Å². The standard InChI is InChI=1S/C11H14F6O4/c1-20-9(19)4-2-6(3-5-9)7(18)21-8(10(12,13)14)11(15,16)17/h6,8,19H,2-5H2,1H3. The molecule has 0 unspecified atom stereocenters. The summed E-state index contributed by atoms with van der Waals surface area (Å²) in [5.41, 5.74) is 0. The van der Waals surface area contributed by atoms with Crippen LogP contribution in [0.1, 0.15) is 25.7 Å². The summed E-state index contributed by atoms with van der Waals surface area (Å²) in [5, 5.41) is 9.69. The molecule has 21 heavy (non-hydrogen) atoms. The number of aliphatic hydroxyl groups is 1. The van der Waals surface area contributed by atoms with E-state index in [1.54, 1.807) is 0 Å². The number of ether oxygens (including phenoxy) is 2. The van der Waals surface area contributed by atoms with Crippen molar-refractivity contribution in [3.63, 3.8) is 0 Å². The van der Waals surface area contributed by atoms with Crippen molar-refractivity contribution in [3.8, 4) is 0 Å². The van der Waals surface area contributed by atoms with Gasteiger partial charge in [0.2, 0.25) is 0 Å². The molecule has 124 valence electrons. The molecule has 0 atom stereocenters. The Morgan fingerprint density at radius 1 is 1.14 bits per heavy atom. The Hall–Kier alpha value is -1.03. The van der Waals surface area contributed by atoms with Gasteiger partial charge < -0.3 is 14.6 Å². The molecule has 1 aliphatic rings. The highest BCUT2D eigenvalue weighted by Crippen LogP contribution is 2.38. The Bertz CT molecular complexity index is 356. The number of esters is 1. The number of hydrogen-bond acceptors (Lipinski definition) is 4. The summed E-state index contributed by atoms with van der Waals surface area (Å²) in [5.74, 6) is -4.22. The summed E-state index contributed by atoms with van der Waals surface area (Å²) in [4.78, 5) is 11.5. The van der Waals surface area contributed by atoms with Crippen LogP contribution in [-0.2, 0) is 14.3 Å². The van der Waals surface area contributed by atoms with Crippen LogP contribution < -0.4 is 0 Å². The quantitative estimate of drug-likeness (QED) is 0.492. The van der Waals surface area contributed by atoms with Gasteiger partial charge in [-0.05, 0) is 12.8 Å². The minimum atomic E-state index is -5.73. The van der Waals surface area contributed by atoms with Crippen molar-refractivity contribution in [1.29, 1.82) is 0 Å². The van der Waals surface area contributed by atoms with E-state index in [0.29, 0.717) is 0 Å². The molecule has 1 saturated carbocycles. The smallest absolute Gasteiger partial charge is 0.434 e. The number of carbonyl (C=O) groups is 1. The number of rotatable bonds is 3. The van der Waals surface area contributed by atoms with Crippen LogP contribution in [0, 0.1) is 5.92 Å². The number of carbonyl (C=O) groups excluding carboxylic acids is 1. The fourth-order valence-electron chi connectivity index (χ4n) is 2.04. The van der Waals surface area contributed by atoms with Crippen LogP contribution in [0.5, 0.6) is 0 Å². The van der Waals surface area contributed by atoms with Crippen LogP contribution in [0.15, 0.2) is 0 Å². The second kappa shape index (κ2) is 5.99. The van der Waals surface area contributed by atoms with E-state index in [1.165, 1.54) is 7.11 Å². The highest BCUT2D eigenvalue weighted by Gasteiger charge is 2.60. The summed E-state index contributed by atoms with van der Waals surface area (Å²) in [6, 6.07) is 0. The van der Waals surface area contributed by atoms with Crippen molar-refractivity contribution in [3.05, 3.63) is 0 Å². The lowest BCUT2D eigenvalue weighted by molar-refractivity contribution is -0.315. The van der Waals surface area contributed by atoms with Crippen LogP contribution in [0.25, 0.3) is 0 Å². The molecule has 1 rings (SSSR count). The van der Waals surface area contributed by atoms with E-state index in [2.05, 4.69) is 4.74 Å². The second-order valence-corrected chi connectivity index (χ2v) is 4.82. The minimum absolute atomic E-state index is 0.0774. The molecule has 0 bridgehead atoms. The maximum Gasteiger partial charge on any atom is 0.434 e. The largest absolute Gasteiger partial charge is 0.443 e. The molecule has 0 saturated heterocycles. The molecule has 0 aromatic carbocycles. The number of methoxy groups -OCH3 is 1. The Morgan fingerprint density at radius 3 is 1.90 bits per heavy atom. The first-order chi connectivity index (χ1) is 9.39. The highest BCUT2D eigenvalue weighted by molar-refractivity contribution is 5.72. The Balaban J connectivity index is 2.68. The van der Waals surface area contributed by atoms with Crippen molar-refractivity contribution in [2.45, 2.75) is 49.9 Å². The molecule has 0 aliphatic heterocycles. The molecule has 1 aliphatic carbocycles. The van der Waals surface area contributed by atoms with E-state index >= 15 is 0 Å². The van der Waals surface area contributed by atoms with E-state index in [0.717, 1.165) is 0 Å². The average molecular weight is 324 g/mol. The Kier molecular flexibility index (Phi) is 5.14. The lowest BCUT2D eigenvalue weighted by Gasteiger charge is -2.34. The molecular formula is C11H14F6O4. The van der Waals surface area contributed by atoms with Gasteiger partial charge in [-0.3, -0.25) is 4.79 Å². The predicted octanol–water partition coefficient (Wildman–Crippen LogP) is 2.55. The van der Waals surface area contributed by atoms with Gasteiger partial charge in [0.1, 0.15) is 0 Å². The van der Waals surface area contributed by atoms with Crippen molar-refractivity contribution in [1.82, 2.24) is 0 Å². The van der Waals surface area contributed by atoms with Crippen LogP contribution >= 0.6 is 0 Å². The zero-order valence-electron chi connectivity index (χ0n) is 10.9. The summed E-state index contributed by atoms with van der Waals surface area (Å²) >= 11 is 0. The van der Waals surface area contributed by atoms with Crippen LogP contribution in [0.2, 0.25) is 0 Å². The summed E-state index contributed by atoms with van der Waals surface area (Å²) in [6.07, 6.45) is -16.0. The van der Waals surface area contributed by atoms with Gasteiger partial charge in [0.25, 0.3) is 6.10 Å². The van der Waals surface area contributed by atoms with Gasteiger partial charge in [0.15, 0.2) is 5.79 Å². The second-order valence-electron chi connectivity index (χ2n) is 4.82. The third kappa shape index (κ3) is 4.73. The van der Waals surface area contributed by atoms with Crippen molar-refractivity contribution in [2.24, 2.45) is 5.92 Å². The molecule has 1 N–H and O–H groups in total. The van der Waals surface area contributed by atoms with E-state index in [4.69, 9.17) is 4.74 Å². The SMILES string of the molecule is COC1(O)CCC(C(=O)OC(C(F)(F)F)C(F)(F)F)CC1. The van der Waals surface area contributed by atoms with Crippen molar-refractivity contribution in [2.75, 3.05) is 7.11 Å². The Morgan fingerprint density at radius 2 is 1.57 bits per heavy atom. The van der Waals surface area contributed by atoms with Crippen molar-refractivity contribution < 1.29 is 45.7 Å². The summed E-state index contributed by atoms with van der Waals surface area (Å²) < 4.78 is 81.9. The number of alkyl halides is 6. The van der Waals surface area contributed by atoms with Crippen LogP contribution in [0.4, 0.5) is 26.3 Å². The first-order valence-electron chi connectivity index (χ1n) is 6.00. The molecule has 0 spiro atoms. The monoisotopic (exact) mass is 324 g/mol. The zero-order chi connectivity index (χ0) is 16.5. The van der Waals surface area contributed by atoms with Gasteiger partial charge in [0, 0.05) is 20.0 Å². The van der Waals surface area contributed by atoms with Crippen LogP contribution in [-0.4, -0.2) is 42.4 Å². The van der Waals surface area contributed by atoms with Gasteiger partial charge in [-0.25, -0.2) is 0 Å². The third-order valence-electron chi connectivity index (χ3n) is 3.31. The summed E-state index contributed by atoms with van der Waals surface area (Å²) in [7, 11) is 1.21. The van der Waals surface area contributed by atoms with Crippen molar-refractivity contribution >= 4 is 5.97 Å². The van der Waals surface area contributed by atoms with Gasteiger partial charge in [-0.2, -0.15) is 26.3 Å². The maximum atomic E-state index is 12.3. The van der Waals surface area contributed by atoms with Gasteiger partial charge in [-0.15, -0.1) is 0 Å². The minimum Gasteiger partial charge on any atom is -0.443 e. The molecule has 4 nitrogen and oxygen atoms in total. The van der Waals surface area contributed by atoms with E-state index in [9.17, 15) is 36.2 Å². The first-order valence-corrected chi connectivity index (χ1v) is 6.00. The highest BCUT2D eigenvalue weighted by atomic mass is 19.4. The molecule has 0 radical (unpaired) electrons. The molecular weight excluding hydrogens is 310 g/mol. The Labute approximate surface area is 116 Å². The average Bonchev–Trinajstić information content (AvgIpc) is 2.34. The van der Waals surface area contributed by atoms with E-state index in [1.807, 2.05) is 0 Å².